The quantitative estimate of drug-likeness (QED) is 0.555. The highest BCUT2D eigenvalue weighted by molar-refractivity contribution is 7.89. The van der Waals surface area contributed by atoms with Crippen LogP contribution in [0.1, 0.15) is 46.0 Å². The maximum Gasteiger partial charge on any atom is 0.241 e. The summed E-state index contributed by atoms with van der Waals surface area (Å²) in [6.45, 7) is 4.21. The SMILES string of the molecule is CCCC/C=C/[C@H](CCC)NS(=O)(=O)c1ccccc1. The van der Waals surface area contributed by atoms with Gasteiger partial charge in [0.25, 0.3) is 0 Å². The summed E-state index contributed by atoms with van der Waals surface area (Å²) < 4.78 is 27.3. The van der Waals surface area contributed by atoms with Crippen LogP contribution in [0.2, 0.25) is 0 Å². The van der Waals surface area contributed by atoms with Crippen molar-refractivity contribution in [2.45, 2.75) is 56.9 Å². The van der Waals surface area contributed by atoms with Gasteiger partial charge in [-0.15, -0.1) is 0 Å². The van der Waals surface area contributed by atoms with Gasteiger partial charge in [-0.05, 0) is 25.0 Å². The van der Waals surface area contributed by atoms with Crippen LogP contribution in [0.3, 0.4) is 0 Å². The fourth-order valence-corrected chi connectivity index (χ4v) is 3.20. The van der Waals surface area contributed by atoms with Crippen LogP contribution in [-0.2, 0) is 10.0 Å². The van der Waals surface area contributed by atoms with E-state index in [-0.39, 0.29) is 6.04 Å². The Morgan fingerprint density at radius 3 is 2.45 bits per heavy atom. The number of unbranched alkanes of at least 4 members (excludes halogenated alkanes) is 2. The van der Waals surface area contributed by atoms with Crippen LogP contribution in [0.25, 0.3) is 0 Å². The second-order valence-corrected chi connectivity index (χ2v) is 6.61. The van der Waals surface area contributed by atoms with E-state index in [1.54, 1.807) is 24.3 Å². The molecule has 0 amide bonds. The van der Waals surface area contributed by atoms with Crippen molar-refractivity contribution >= 4 is 10.0 Å². The first-order chi connectivity index (χ1) is 9.60. The van der Waals surface area contributed by atoms with E-state index in [0.717, 1.165) is 32.1 Å². The topological polar surface area (TPSA) is 46.2 Å². The highest BCUT2D eigenvalue weighted by Crippen LogP contribution is 2.11. The number of rotatable bonds is 9. The predicted octanol–water partition coefficient (Wildman–Crippen LogP) is 3.88. The van der Waals surface area contributed by atoms with Crippen LogP contribution in [-0.4, -0.2) is 14.5 Å². The molecule has 0 aliphatic carbocycles. The van der Waals surface area contributed by atoms with Crippen LogP contribution in [0, 0.1) is 0 Å². The second kappa shape index (κ2) is 8.93. The number of allylic oxidation sites excluding steroid dienone is 1. The number of hydrogen-bond donors (Lipinski definition) is 1. The Morgan fingerprint density at radius 2 is 1.85 bits per heavy atom. The van der Waals surface area contributed by atoms with Gasteiger partial charge < -0.3 is 0 Å². The molecule has 112 valence electrons. The number of sulfonamides is 1. The van der Waals surface area contributed by atoms with Gasteiger partial charge in [-0.3, -0.25) is 0 Å². The van der Waals surface area contributed by atoms with Crippen LogP contribution in [0.4, 0.5) is 0 Å². The van der Waals surface area contributed by atoms with E-state index in [9.17, 15) is 8.42 Å². The Bertz CT molecular complexity index is 494. The zero-order valence-corrected chi connectivity index (χ0v) is 13.2. The van der Waals surface area contributed by atoms with Crippen molar-refractivity contribution in [2.75, 3.05) is 0 Å². The summed E-state index contributed by atoms with van der Waals surface area (Å²) in [5.41, 5.74) is 0. The van der Waals surface area contributed by atoms with Gasteiger partial charge in [0.05, 0.1) is 4.90 Å². The van der Waals surface area contributed by atoms with Gasteiger partial charge in [0.1, 0.15) is 0 Å². The van der Waals surface area contributed by atoms with Gasteiger partial charge in [0, 0.05) is 6.04 Å². The molecule has 0 saturated heterocycles. The van der Waals surface area contributed by atoms with Gasteiger partial charge in [-0.25, -0.2) is 13.1 Å². The Labute approximate surface area is 123 Å². The zero-order valence-electron chi connectivity index (χ0n) is 12.4. The summed E-state index contributed by atoms with van der Waals surface area (Å²) in [7, 11) is -3.43. The normalized spacial score (nSPS) is 13.7. The highest BCUT2D eigenvalue weighted by atomic mass is 32.2. The average Bonchev–Trinajstić information content (AvgIpc) is 2.44. The Hall–Kier alpha value is -1.13. The second-order valence-electron chi connectivity index (χ2n) is 4.90. The minimum absolute atomic E-state index is 0.123. The third-order valence-electron chi connectivity index (χ3n) is 3.05. The molecule has 0 spiro atoms. The van der Waals surface area contributed by atoms with Gasteiger partial charge in [0.2, 0.25) is 10.0 Å². The van der Waals surface area contributed by atoms with Gasteiger partial charge in [0.15, 0.2) is 0 Å². The van der Waals surface area contributed by atoms with Crippen LogP contribution in [0.5, 0.6) is 0 Å². The molecule has 0 aliphatic rings. The van der Waals surface area contributed by atoms with E-state index in [4.69, 9.17) is 0 Å². The molecule has 1 aromatic rings. The summed E-state index contributed by atoms with van der Waals surface area (Å²) >= 11 is 0. The zero-order chi connectivity index (χ0) is 14.8. The first kappa shape index (κ1) is 16.9. The molecule has 4 heteroatoms. The maximum absolute atomic E-state index is 12.3. The fraction of sp³-hybridized carbons (Fsp3) is 0.500. The Kier molecular flexibility index (Phi) is 7.55. The lowest BCUT2D eigenvalue weighted by Gasteiger charge is -2.14. The first-order valence-corrected chi connectivity index (χ1v) is 8.82. The largest absolute Gasteiger partial charge is 0.241 e. The molecule has 0 saturated carbocycles. The van der Waals surface area contributed by atoms with Gasteiger partial charge in [-0.1, -0.05) is 63.5 Å². The Morgan fingerprint density at radius 1 is 1.15 bits per heavy atom. The molecule has 0 heterocycles. The van der Waals surface area contributed by atoms with Crippen molar-refractivity contribution in [2.24, 2.45) is 0 Å². The standard InChI is InChI=1S/C16H25NO2S/c1-3-5-6-8-12-15(11-4-2)17-20(18,19)16-13-9-7-10-14-16/h7-10,12-15,17H,3-6,11H2,1-2H3/b12-8+/t15-/m0/s1. The van der Waals surface area contributed by atoms with Crippen LogP contribution >= 0.6 is 0 Å². The fourth-order valence-electron chi connectivity index (χ4n) is 1.95. The molecular formula is C16H25NO2S. The van der Waals surface area contributed by atoms with Crippen LogP contribution < -0.4 is 4.72 Å². The Balaban J connectivity index is 2.72. The summed E-state index contributed by atoms with van der Waals surface area (Å²) in [5, 5.41) is 0. The van der Waals surface area contributed by atoms with Crippen molar-refractivity contribution in [3.05, 3.63) is 42.5 Å². The first-order valence-electron chi connectivity index (χ1n) is 7.34. The molecule has 0 radical (unpaired) electrons. The molecular weight excluding hydrogens is 270 g/mol. The minimum Gasteiger partial charge on any atom is -0.207 e. The molecule has 0 bridgehead atoms. The summed E-state index contributed by atoms with van der Waals surface area (Å²) in [6, 6.07) is 8.40. The summed E-state index contributed by atoms with van der Waals surface area (Å²) in [6.07, 6.45) is 9.12. The summed E-state index contributed by atoms with van der Waals surface area (Å²) in [5.74, 6) is 0. The smallest absolute Gasteiger partial charge is 0.207 e. The van der Waals surface area contributed by atoms with E-state index < -0.39 is 10.0 Å². The molecule has 20 heavy (non-hydrogen) atoms. The third-order valence-corrected chi connectivity index (χ3v) is 4.56. The molecule has 1 rings (SSSR count). The molecule has 1 N–H and O–H groups in total. The molecule has 0 aliphatic heterocycles. The van der Waals surface area contributed by atoms with Gasteiger partial charge in [-0.2, -0.15) is 0 Å². The molecule has 0 unspecified atom stereocenters. The average molecular weight is 295 g/mol. The van der Waals surface area contributed by atoms with E-state index >= 15 is 0 Å². The molecule has 0 fully saturated rings. The molecule has 3 nitrogen and oxygen atoms in total. The van der Waals surface area contributed by atoms with E-state index in [2.05, 4.69) is 24.6 Å². The lowest BCUT2D eigenvalue weighted by Crippen LogP contribution is -2.33. The van der Waals surface area contributed by atoms with E-state index in [0.29, 0.717) is 4.90 Å². The van der Waals surface area contributed by atoms with Gasteiger partial charge >= 0.3 is 0 Å². The van der Waals surface area contributed by atoms with E-state index in [1.165, 1.54) is 0 Å². The predicted molar refractivity (Wildman–Crippen MR) is 84.1 cm³/mol. The maximum atomic E-state index is 12.3. The molecule has 1 atom stereocenters. The number of hydrogen-bond acceptors (Lipinski definition) is 2. The molecule has 0 aromatic heterocycles. The van der Waals surface area contributed by atoms with Crippen molar-refractivity contribution in [1.82, 2.24) is 4.72 Å². The van der Waals surface area contributed by atoms with Crippen molar-refractivity contribution in [3.63, 3.8) is 0 Å². The van der Waals surface area contributed by atoms with Crippen molar-refractivity contribution < 1.29 is 8.42 Å². The lowest BCUT2D eigenvalue weighted by molar-refractivity contribution is 0.560. The minimum atomic E-state index is -3.43. The van der Waals surface area contributed by atoms with Crippen molar-refractivity contribution in [3.8, 4) is 0 Å². The summed E-state index contributed by atoms with van der Waals surface area (Å²) in [4.78, 5) is 0.322. The third kappa shape index (κ3) is 5.88. The lowest BCUT2D eigenvalue weighted by atomic mass is 10.1. The highest BCUT2D eigenvalue weighted by Gasteiger charge is 2.17. The van der Waals surface area contributed by atoms with Crippen LogP contribution in [0.15, 0.2) is 47.4 Å². The molecule has 1 aromatic carbocycles. The van der Waals surface area contributed by atoms with E-state index in [1.807, 2.05) is 12.1 Å². The number of benzene rings is 1. The number of nitrogens with one attached hydrogen (secondary N) is 1. The monoisotopic (exact) mass is 295 g/mol. The van der Waals surface area contributed by atoms with Crippen molar-refractivity contribution in [1.29, 1.82) is 0 Å².